The largest absolute Gasteiger partial charge is 0.495 e. The molecule has 1 unspecified atom stereocenters. The molecule has 1 aliphatic heterocycles. The van der Waals surface area contributed by atoms with Crippen LogP contribution in [0, 0.1) is 0 Å². The number of hydrogen-bond donors (Lipinski definition) is 1. The van der Waals surface area contributed by atoms with Gasteiger partial charge >= 0.3 is 0 Å². The summed E-state index contributed by atoms with van der Waals surface area (Å²) in [6.07, 6.45) is 1.72. The van der Waals surface area contributed by atoms with E-state index in [4.69, 9.17) is 22.1 Å². The van der Waals surface area contributed by atoms with Gasteiger partial charge in [-0.2, -0.15) is 0 Å². The molecule has 2 N–H and O–H groups in total. The number of hydrogen-bond acceptors (Lipinski definition) is 6. The Hall–Kier alpha value is -2.29. The highest BCUT2D eigenvalue weighted by Crippen LogP contribution is 2.35. The van der Waals surface area contributed by atoms with E-state index < -0.39 is 11.2 Å². The molecule has 1 aliphatic rings. The molecule has 1 aromatic heterocycles. The van der Waals surface area contributed by atoms with Crippen LogP contribution in [0.3, 0.4) is 0 Å². The molecule has 1 aromatic carbocycles. The third-order valence-electron chi connectivity index (χ3n) is 3.73. The van der Waals surface area contributed by atoms with Crippen LogP contribution in [-0.4, -0.2) is 29.3 Å². The lowest BCUT2D eigenvalue weighted by atomic mass is 10.2. The summed E-state index contributed by atoms with van der Waals surface area (Å²) < 4.78 is 5.16. The predicted octanol–water partition coefficient (Wildman–Crippen LogP) is 3.76. The van der Waals surface area contributed by atoms with E-state index in [-0.39, 0.29) is 11.6 Å². The fraction of sp³-hybridized carbons (Fsp3) is 0.167. The number of methoxy groups -OCH3 is 1. The molecular formula is C18H16ClN3O3S2. The van der Waals surface area contributed by atoms with Crippen LogP contribution in [0.25, 0.3) is 6.08 Å². The smallest absolute Gasteiger partial charge is 0.283 e. The van der Waals surface area contributed by atoms with Gasteiger partial charge in [-0.3, -0.25) is 14.5 Å². The SMILES string of the molecule is COc1ccc(N2C(=O)/C(=C\c3cccs3)N=C2SC(C)C(N)=O)cc1Cl. The quantitative estimate of drug-likeness (QED) is 0.745. The number of rotatable bonds is 5. The number of anilines is 1. The van der Waals surface area contributed by atoms with E-state index in [2.05, 4.69) is 4.99 Å². The number of amidine groups is 1. The van der Waals surface area contributed by atoms with Gasteiger partial charge in [0.2, 0.25) is 5.91 Å². The molecule has 0 fully saturated rings. The third kappa shape index (κ3) is 4.18. The predicted molar refractivity (Wildman–Crippen MR) is 111 cm³/mol. The Balaban J connectivity index is 2.01. The average Bonchev–Trinajstić information content (AvgIpc) is 3.24. The number of ether oxygens (including phenoxy) is 1. The van der Waals surface area contributed by atoms with Gasteiger partial charge in [0.25, 0.3) is 5.91 Å². The molecule has 0 bridgehead atoms. The van der Waals surface area contributed by atoms with Crippen molar-refractivity contribution in [3.05, 3.63) is 51.3 Å². The fourth-order valence-electron chi connectivity index (χ4n) is 2.32. The van der Waals surface area contributed by atoms with Crippen molar-refractivity contribution in [2.45, 2.75) is 12.2 Å². The maximum absolute atomic E-state index is 13.0. The summed E-state index contributed by atoms with van der Waals surface area (Å²) in [6.45, 7) is 1.67. The number of nitrogens with zero attached hydrogens (tertiary/aromatic N) is 2. The minimum absolute atomic E-state index is 0.281. The summed E-state index contributed by atoms with van der Waals surface area (Å²) >= 11 is 8.84. The van der Waals surface area contributed by atoms with E-state index >= 15 is 0 Å². The summed E-state index contributed by atoms with van der Waals surface area (Å²) in [7, 11) is 1.51. The summed E-state index contributed by atoms with van der Waals surface area (Å²) in [5.41, 5.74) is 6.18. The number of thiophene rings is 1. The maximum atomic E-state index is 13.0. The Labute approximate surface area is 169 Å². The first-order valence-electron chi connectivity index (χ1n) is 7.88. The van der Waals surface area contributed by atoms with Crippen molar-refractivity contribution in [1.82, 2.24) is 0 Å². The summed E-state index contributed by atoms with van der Waals surface area (Å²) in [5, 5.41) is 2.11. The fourth-order valence-corrected chi connectivity index (χ4v) is 4.10. The summed E-state index contributed by atoms with van der Waals surface area (Å²) in [5.74, 6) is -0.291. The molecule has 1 atom stereocenters. The number of amides is 2. The van der Waals surface area contributed by atoms with Crippen LogP contribution in [0.5, 0.6) is 5.75 Å². The molecule has 2 aromatic rings. The Kier molecular flexibility index (Phi) is 5.88. The topological polar surface area (TPSA) is 85.0 Å². The first-order valence-corrected chi connectivity index (χ1v) is 10.0. The number of carbonyl (C=O) groups excluding carboxylic acids is 2. The summed E-state index contributed by atoms with van der Waals surface area (Å²) in [4.78, 5) is 31.3. The van der Waals surface area contributed by atoms with Crippen LogP contribution in [0.1, 0.15) is 11.8 Å². The number of thioether (sulfide) groups is 1. The van der Waals surface area contributed by atoms with Gasteiger partial charge < -0.3 is 10.5 Å². The third-order valence-corrected chi connectivity index (χ3v) is 5.91. The highest BCUT2D eigenvalue weighted by molar-refractivity contribution is 8.15. The first kappa shape index (κ1) is 19.5. The number of halogens is 1. The molecule has 0 saturated carbocycles. The molecule has 0 aliphatic carbocycles. The Morgan fingerprint density at radius 2 is 2.22 bits per heavy atom. The number of aliphatic imine (C=N–C) groups is 1. The lowest BCUT2D eigenvalue weighted by Crippen LogP contribution is -2.33. The molecule has 0 spiro atoms. The standard InChI is InChI=1S/C18H16ClN3O3S2/c1-10(16(20)23)27-18-21-14(9-12-4-3-7-26-12)17(24)22(18)11-5-6-15(25-2)13(19)8-11/h3-10H,1-2H3,(H2,20,23)/b14-9+. The normalized spacial score (nSPS) is 16.6. The van der Waals surface area contributed by atoms with Gasteiger partial charge in [0.15, 0.2) is 5.17 Å². The van der Waals surface area contributed by atoms with Gasteiger partial charge in [-0.15, -0.1) is 11.3 Å². The Morgan fingerprint density at radius 1 is 1.44 bits per heavy atom. The van der Waals surface area contributed by atoms with E-state index in [1.807, 2.05) is 17.5 Å². The van der Waals surface area contributed by atoms with Gasteiger partial charge in [0.1, 0.15) is 11.4 Å². The number of nitrogens with two attached hydrogens (primary N) is 1. The molecule has 9 heteroatoms. The van der Waals surface area contributed by atoms with Crippen molar-refractivity contribution in [3.8, 4) is 5.75 Å². The molecule has 27 heavy (non-hydrogen) atoms. The molecule has 0 radical (unpaired) electrons. The van der Waals surface area contributed by atoms with E-state index in [1.54, 1.807) is 31.2 Å². The monoisotopic (exact) mass is 421 g/mol. The van der Waals surface area contributed by atoms with Crippen LogP contribution in [0.2, 0.25) is 5.02 Å². The Morgan fingerprint density at radius 3 is 2.81 bits per heavy atom. The zero-order valence-electron chi connectivity index (χ0n) is 14.5. The van der Waals surface area contributed by atoms with Gasteiger partial charge in [-0.1, -0.05) is 29.4 Å². The molecule has 2 heterocycles. The van der Waals surface area contributed by atoms with Crippen LogP contribution < -0.4 is 15.4 Å². The molecular weight excluding hydrogens is 406 g/mol. The molecule has 140 valence electrons. The molecule has 0 saturated heterocycles. The van der Waals surface area contributed by atoms with E-state index in [1.165, 1.54) is 23.3 Å². The first-order chi connectivity index (χ1) is 12.9. The lowest BCUT2D eigenvalue weighted by Gasteiger charge is -2.20. The van der Waals surface area contributed by atoms with Crippen molar-refractivity contribution in [1.29, 1.82) is 0 Å². The van der Waals surface area contributed by atoms with Gasteiger partial charge in [-0.25, -0.2) is 4.99 Å². The van der Waals surface area contributed by atoms with E-state index in [0.29, 0.717) is 21.6 Å². The van der Waals surface area contributed by atoms with Crippen LogP contribution in [-0.2, 0) is 9.59 Å². The number of primary amides is 1. The second-order valence-electron chi connectivity index (χ2n) is 5.56. The van der Waals surface area contributed by atoms with E-state index in [0.717, 1.165) is 16.6 Å². The van der Waals surface area contributed by atoms with Crippen molar-refractivity contribution in [2.24, 2.45) is 10.7 Å². The number of benzene rings is 1. The Bertz CT molecular complexity index is 941. The van der Waals surface area contributed by atoms with Crippen molar-refractivity contribution in [2.75, 3.05) is 12.0 Å². The van der Waals surface area contributed by atoms with Crippen LogP contribution >= 0.6 is 34.7 Å². The average molecular weight is 422 g/mol. The van der Waals surface area contributed by atoms with Crippen molar-refractivity contribution >= 4 is 63.4 Å². The van der Waals surface area contributed by atoms with Crippen LogP contribution in [0.15, 0.2) is 46.4 Å². The molecule has 3 rings (SSSR count). The number of carbonyl (C=O) groups is 2. The molecule has 2 amide bonds. The molecule has 6 nitrogen and oxygen atoms in total. The minimum atomic E-state index is -0.547. The van der Waals surface area contributed by atoms with Gasteiger partial charge in [-0.05, 0) is 42.6 Å². The summed E-state index contributed by atoms with van der Waals surface area (Å²) in [6, 6.07) is 8.79. The van der Waals surface area contributed by atoms with Gasteiger partial charge in [0.05, 0.1) is 23.1 Å². The maximum Gasteiger partial charge on any atom is 0.283 e. The van der Waals surface area contributed by atoms with Crippen LogP contribution in [0.4, 0.5) is 5.69 Å². The highest BCUT2D eigenvalue weighted by atomic mass is 35.5. The zero-order valence-corrected chi connectivity index (χ0v) is 16.9. The minimum Gasteiger partial charge on any atom is -0.495 e. The van der Waals surface area contributed by atoms with Crippen molar-refractivity contribution < 1.29 is 14.3 Å². The zero-order chi connectivity index (χ0) is 19.6. The van der Waals surface area contributed by atoms with Crippen molar-refractivity contribution in [3.63, 3.8) is 0 Å². The van der Waals surface area contributed by atoms with Gasteiger partial charge in [0, 0.05) is 4.88 Å². The lowest BCUT2D eigenvalue weighted by molar-refractivity contribution is -0.117. The second kappa shape index (κ2) is 8.16. The van der Waals surface area contributed by atoms with E-state index in [9.17, 15) is 9.59 Å². The highest BCUT2D eigenvalue weighted by Gasteiger charge is 2.34. The second-order valence-corrected chi connectivity index (χ2v) is 8.26.